The van der Waals surface area contributed by atoms with Crippen LogP contribution in [0.2, 0.25) is 0 Å². The van der Waals surface area contributed by atoms with E-state index in [1.807, 2.05) is 0 Å². The lowest BCUT2D eigenvalue weighted by Crippen LogP contribution is -2.37. The van der Waals surface area contributed by atoms with E-state index in [4.69, 9.17) is 14.2 Å². The van der Waals surface area contributed by atoms with Crippen LogP contribution in [0.5, 0.6) is 0 Å². The molecule has 0 aromatic carbocycles. The van der Waals surface area contributed by atoms with Crippen LogP contribution in [0.4, 0.5) is 0 Å². The second kappa shape index (κ2) is 12.2. The van der Waals surface area contributed by atoms with Crippen LogP contribution in [-0.2, 0) is 21.4 Å². The maximum atomic E-state index is 12.1. The predicted molar refractivity (Wildman–Crippen MR) is 158 cm³/mol. The van der Waals surface area contributed by atoms with E-state index in [0.717, 1.165) is 61.9 Å². The first-order chi connectivity index (χ1) is 19.6. The molecule has 5 rings (SSSR count). The standard InChI is InChI=1S/C34H50N2O5/c1-6-8-31-35-32(41-36-31)34(17-18-34)30(40-23(4)37)15-10-21(2)27-13-14-28-24(9-7-16-33(27,28)5)11-12-25-19-26(38)20-29(39)22(25)3/h11-12,21,26-30,38-39H,3,6-10,13-20H2,1-2,4-5H3/t21-,26-,27-,28+,29+,30+,33-/m1/s1. The summed E-state index contributed by atoms with van der Waals surface area (Å²) in [6, 6.07) is 0. The molecule has 0 unspecified atom stereocenters. The van der Waals surface area contributed by atoms with E-state index in [0.29, 0.717) is 36.5 Å². The first-order valence-corrected chi connectivity index (χ1v) is 16.0. The largest absolute Gasteiger partial charge is 0.461 e. The van der Waals surface area contributed by atoms with Crippen molar-refractivity contribution in [1.82, 2.24) is 10.1 Å². The van der Waals surface area contributed by atoms with Gasteiger partial charge < -0.3 is 19.5 Å². The summed E-state index contributed by atoms with van der Waals surface area (Å²) in [4.78, 5) is 16.8. The van der Waals surface area contributed by atoms with Gasteiger partial charge in [-0.05, 0) is 105 Å². The first kappa shape index (κ1) is 30.2. The van der Waals surface area contributed by atoms with Crippen LogP contribution >= 0.6 is 0 Å². The molecule has 0 amide bonds. The zero-order valence-corrected chi connectivity index (χ0v) is 25.5. The summed E-state index contributed by atoms with van der Waals surface area (Å²) in [6.45, 7) is 12.6. The Kier molecular flexibility index (Phi) is 8.96. The van der Waals surface area contributed by atoms with Crippen LogP contribution in [0.1, 0.15) is 116 Å². The molecule has 0 radical (unpaired) electrons. The van der Waals surface area contributed by atoms with E-state index in [9.17, 15) is 15.0 Å². The van der Waals surface area contributed by atoms with Crippen molar-refractivity contribution in [3.63, 3.8) is 0 Å². The third-order valence-electron chi connectivity index (χ3n) is 11.0. The summed E-state index contributed by atoms with van der Waals surface area (Å²) in [5.41, 5.74) is 3.16. The Morgan fingerprint density at radius 3 is 2.71 bits per heavy atom. The number of nitrogens with zero attached hydrogens (tertiary/aromatic N) is 2. The molecule has 7 atom stereocenters. The molecular formula is C34H50N2O5. The summed E-state index contributed by atoms with van der Waals surface area (Å²) >= 11 is 0. The lowest BCUT2D eigenvalue weighted by atomic mass is 9.60. The van der Waals surface area contributed by atoms with Gasteiger partial charge in [-0.1, -0.05) is 50.2 Å². The average molecular weight is 567 g/mol. The summed E-state index contributed by atoms with van der Waals surface area (Å²) in [7, 11) is 0. The number of aromatic nitrogens is 2. The van der Waals surface area contributed by atoms with Gasteiger partial charge in [0.2, 0.25) is 5.89 Å². The van der Waals surface area contributed by atoms with Crippen LogP contribution in [0, 0.1) is 23.2 Å². The summed E-state index contributed by atoms with van der Waals surface area (Å²) < 4.78 is 11.7. The summed E-state index contributed by atoms with van der Waals surface area (Å²) in [6.07, 6.45) is 15.3. The minimum absolute atomic E-state index is 0.231. The van der Waals surface area contributed by atoms with E-state index in [1.165, 1.54) is 38.2 Å². The highest BCUT2D eigenvalue weighted by molar-refractivity contribution is 5.66. The maximum Gasteiger partial charge on any atom is 0.302 e. The van der Waals surface area contributed by atoms with E-state index in [2.05, 4.69) is 44.7 Å². The average Bonchev–Trinajstić information content (AvgIpc) is 3.45. The molecule has 0 saturated heterocycles. The van der Waals surface area contributed by atoms with Crippen LogP contribution in [-0.4, -0.2) is 44.6 Å². The smallest absolute Gasteiger partial charge is 0.302 e. The molecule has 1 heterocycles. The molecule has 4 aliphatic carbocycles. The molecular weight excluding hydrogens is 516 g/mol. The van der Waals surface area contributed by atoms with Gasteiger partial charge in [0.15, 0.2) is 5.82 Å². The van der Waals surface area contributed by atoms with Gasteiger partial charge in [-0.2, -0.15) is 4.98 Å². The van der Waals surface area contributed by atoms with Crippen LogP contribution in [0.15, 0.2) is 40.0 Å². The monoisotopic (exact) mass is 566 g/mol. The highest BCUT2D eigenvalue weighted by atomic mass is 16.5. The molecule has 4 fully saturated rings. The van der Waals surface area contributed by atoms with Crippen molar-refractivity contribution in [3.05, 3.63) is 47.2 Å². The SMILES string of the molecule is C=C1C(=CC=C2CCC[C@]3(C)[C@@H]([C@H](C)CC[C@H](OC(C)=O)C4(c5nc(CCC)no5)CC4)CC[C@@H]23)C[C@@H](O)C[C@@H]1O. The van der Waals surface area contributed by atoms with Crippen molar-refractivity contribution in [2.24, 2.45) is 23.2 Å². The molecule has 4 aliphatic rings. The van der Waals surface area contributed by atoms with E-state index < -0.39 is 12.2 Å². The lowest BCUT2D eigenvalue weighted by molar-refractivity contribution is -0.149. The summed E-state index contributed by atoms with van der Waals surface area (Å²) in [5.74, 6) is 2.83. The number of allylic oxidation sites excluding steroid dienone is 3. The van der Waals surface area contributed by atoms with Crippen molar-refractivity contribution < 1.29 is 24.3 Å². The number of aryl methyl sites for hydroxylation is 1. The number of carbonyl (C=O) groups is 1. The number of hydrogen-bond acceptors (Lipinski definition) is 7. The fourth-order valence-electron chi connectivity index (χ4n) is 8.53. The van der Waals surface area contributed by atoms with Crippen molar-refractivity contribution in [2.75, 3.05) is 0 Å². The first-order valence-electron chi connectivity index (χ1n) is 16.0. The van der Waals surface area contributed by atoms with Gasteiger partial charge in [0, 0.05) is 19.8 Å². The highest BCUT2D eigenvalue weighted by Crippen LogP contribution is 2.60. The highest BCUT2D eigenvalue weighted by Gasteiger charge is 2.57. The molecule has 7 heteroatoms. The number of esters is 1. The molecule has 4 saturated carbocycles. The third kappa shape index (κ3) is 6.13. The second-order valence-electron chi connectivity index (χ2n) is 13.7. The number of hydrogen-bond donors (Lipinski definition) is 2. The lowest BCUT2D eigenvalue weighted by Gasteiger charge is -2.44. The zero-order chi connectivity index (χ0) is 29.4. The van der Waals surface area contributed by atoms with Crippen LogP contribution in [0.25, 0.3) is 0 Å². The number of ether oxygens (including phenoxy) is 1. The maximum absolute atomic E-state index is 12.1. The third-order valence-corrected chi connectivity index (χ3v) is 11.0. The van der Waals surface area contributed by atoms with E-state index in [1.54, 1.807) is 0 Å². The number of carbonyl (C=O) groups excluding carboxylic acids is 1. The minimum Gasteiger partial charge on any atom is -0.461 e. The number of aliphatic hydroxyl groups is 2. The Balaban J connectivity index is 1.27. The van der Waals surface area contributed by atoms with Gasteiger partial charge >= 0.3 is 5.97 Å². The van der Waals surface area contributed by atoms with Crippen molar-refractivity contribution in [3.8, 4) is 0 Å². The summed E-state index contributed by atoms with van der Waals surface area (Å²) in [5, 5.41) is 24.6. The molecule has 1 aromatic rings. The van der Waals surface area contributed by atoms with E-state index in [-0.39, 0.29) is 22.9 Å². The molecule has 0 aliphatic heterocycles. The Morgan fingerprint density at radius 1 is 1.22 bits per heavy atom. The fourth-order valence-corrected chi connectivity index (χ4v) is 8.53. The van der Waals surface area contributed by atoms with Gasteiger partial charge in [0.1, 0.15) is 6.10 Å². The number of aliphatic hydroxyl groups excluding tert-OH is 2. The number of rotatable bonds is 10. The molecule has 0 bridgehead atoms. The van der Waals surface area contributed by atoms with Gasteiger partial charge in [-0.25, -0.2) is 0 Å². The molecule has 2 N–H and O–H groups in total. The molecule has 226 valence electrons. The van der Waals surface area contributed by atoms with Crippen molar-refractivity contribution >= 4 is 5.97 Å². The van der Waals surface area contributed by atoms with Crippen molar-refractivity contribution in [2.45, 2.75) is 135 Å². The quantitative estimate of drug-likeness (QED) is 0.310. The Labute approximate surface area is 245 Å². The zero-order valence-electron chi connectivity index (χ0n) is 25.5. The number of fused-ring (bicyclic) bond motifs is 1. The van der Waals surface area contributed by atoms with Gasteiger partial charge in [-0.15, -0.1) is 0 Å². The van der Waals surface area contributed by atoms with Crippen LogP contribution < -0.4 is 0 Å². The fraction of sp³-hybridized carbons (Fsp3) is 0.735. The topological polar surface area (TPSA) is 106 Å². The minimum atomic E-state index is -0.652. The Morgan fingerprint density at radius 2 is 2.00 bits per heavy atom. The Hall–Kier alpha value is -2.25. The van der Waals surface area contributed by atoms with Gasteiger partial charge in [0.05, 0.1) is 17.6 Å². The van der Waals surface area contributed by atoms with Gasteiger partial charge in [-0.3, -0.25) is 4.79 Å². The predicted octanol–water partition coefficient (Wildman–Crippen LogP) is 6.54. The second-order valence-corrected chi connectivity index (χ2v) is 13.7. The van der Waals surface area contributed by atoms with E-state index >= 15 is 0 Å². The van der Waals surface area contributed by atoms with Crippen molar-refractivity contribution in [1.29, 1.82) is 0 Å². The van der Waals surface area contributed by atoms with Gasteiger partial charge in [0.25, 0.3) is 0 Å². The Bertz CT molecular complexity index is 1180. The molecule has 41 heavy (non-hydrogen) atoms. The normalized spacial score (nSPS) is 34.4. The molecule has 0 spiro atoms. The molecule has 7 nitrogen and oxygen atoms in total. The van der Waals surface area contributed by atoms with Crippen LogP contribution in [0.3, 0.4) is 0 Å². The molecule has 1 aromatic heterocycles.